The minimum atomic E-state index is -0.846. The van der Waals surface area contributed by atoms with E-state index in [0.717, 1.165) is 0 Å². The lowest BCUT2D eigenvalue weighted by atomic mass is 10.1. The number of nitrogens with two attached hydrogens (primary N) is 1. The molecule has 3 N–H and O–H groups in total. The highest BCUT2D eigenvalue weighted by molar-refractivity contribution is 6.03. The molecule has 8 nitrogen and oxygen atoms in total. The second-order valence-corrected chi connectivity index (χ2v) is 5.73. The number of aromatic nitrogens is 1. The van der Waals surface area contributed by atoms with Gasteiger partial charge in [0.25, 0.3) is 5.91 Å². The topological polar surface area (TPSA) is 107 Å². The molecular weight excluding hydrogens is 336 g/mol. The molecule has 3 rings (SSSR count). The van der Waals surface area contributed by atoms with Gasteiger partial charge in [-0.3, -0.25) is 14.5 Å². The molecule has 2 heterocycles. The first kappa shape index (κ1) is 17.7. The lowest BCUT2D eigenvalue weighted by Gasteiger charge is -2.33. The SMILES string of the molecule is COCCNC(=O)CN1C(=O)C(c2ccccc2)Oc2ccc(N)nc21. The number of carbonyl (C=O) groups excluding carboxylic acids is 2. The molecule has 0 bridgehead atoms. The minimum absolute atomic E-state index is 0.182. The second kappa shape index (κ2) is 7.83. The molecule has 2 amide bonds. The summed E-state index contributed by atoms with van der Waals surface area (Å²) in [5.41, 5.74) is 6.44. The second-order valence-electron chi connectivity index (χ2n) is 5.73. The number of ether oxygens (including phenoxy) is 2. The van der Waals surface area contributed by atoms with Gasteiger partial charge in [0.15, 0.2) is 11.6 Å². The number of hydrogen-bond donors (Lipinski definition) is 2. The smallest absolute Gasteiger partial charge is 0.274 e. The van der Waals surface area contributed by atoms with Crippen LogP contribution in [0.2, 0.25) is 0 Å². The summed E-state index contributed by atoms with van der Waals surface area (Å²) in [6.07, 6.45) is -0.846. The molecular formula is C18H20N4O4. The highest BCUT2D eigenvalue weighted by Crippen LogP contribution is 2.37. The van der Waals surface area contributed by atoms with Gasteiger partial charge in [0.2, 0.25) is 12.0 Å². The number of fused-ring (bicyclic) bond motifs is 1. The largest absolute Gasteiger partial charge is 0.472 e. The molecule has 0 fully saturated rings. The molecule has 0 saturated carbocycles. The Balaban J connectivity index is 1.88. The molecule has 1 aromatic carbocycles. The van der Waals surface area contributed by atoms with Crippen LogP contribution in [0.1, 0.15) is 11.7 Å². The predicted octanol–water partition coefficient (Wildman–Crippen LogP) is 0.893. The van der Waals surface area contributed by atoms with Crippen LogP contribution in [0.4, 0.5) is 11.6 Å². The number of anilines is 2. The van der Waals surface area contributed by atoms with Crippen molar-refractivity contribution in [3.05, 3.63) is 48.0 Å². The van der Waals surface area contributed by atoms with Gasteiger partial charge in [-0.2, -0.15) is 0 Å². The van der Waals surface area contributed by atoms with Gasteiger partial charge in [-0.15, -0.1) is 0 Å². The summed E-state index contributed by atoms with van der Waals surface area (Å²) >= 11 is 0. The zero-order valence-electron chi connectivity index (χ0n) is 14.3. The van der Waals surface area contributed by atoms with E-state index < -0.39 is 6.10 Å². The van der Waals surface area contributed by atoms with Crippen LogP contribution in [0.15, 0.2) is 42.5 Å². The van der Waals surface area contributed by atoms with Gasteiger partial charge >= 0.3 is 0 Å². The summed E-state index contributed by atoms with van der Waals surface area (Å²) in [5, 5.41) is 2.69. The van der Waals surface area contributed by atoms with Crippen molar-refractivity contribution >= 4 is 23.5 Å². The first-order chi connectivity index (χ1) is 12.6. The molecule has 26 heavy (non-hydrogen) atoms. The van der Waals surface area contributed by atoms with Crippen LogP contribution in [0.25, 0.3) is 0 Å². The Kier molecular flexibility index (Phi) is 5.33. The first-order valence-electron chi connectivity index (χ1n) is 8.15. The standard InChI is InChI=1S/C18H20N4O4/c1-25-10-9-20-15(23)11-22-17-13(7-8-14(19)21-17)26-16(18(22)24)12-5-3-2-4-6-12/h2-8,16H,9-11H2,1H3,(H2,19,21)(H,20,23). The quantitative estimate of drug-likeness (QED) is 0.745. The minimum Gasteiger partial charge on any atom is -0.472 e. The van der Waals surface area contributed by atoms with Crippen LogP contribution in [0.5, 0.6) is 5.75 Å². The first-order valence-corrected chi connectivity index (χ1v) is 8.15. The van der Waals surface area contributed by atoms with Crippen molar-refractivity contribution in [1.29, 1.82) is 0 Å². The highest BCUT2D eigenvalue weighted by atomic mass is 16.5. The summed E-state index contributed by atoms with van der Waals surface area (Å²) < 4.78 is 10.7. The number of rotatable bonds is 6. The molecule has 1 atom stereocenters. The van der Waals surface area contributed by atoms with E-state index in [4.69, 9.17) is 15.2 Å². The monoisotopic (exact) mass is 356 g/mol. The van der Waals surface area contributed by atoms with E-state index in [1.807, 2.05) is 18.2 Å². The van der Waals surface area contributed by atoms with E-state index in [-0.39, 0.29) is 30.0 Å². The van der Waals surface area contributed by atoms with Crippen LogP contribution in [-0.4, -0.2) is 43.6 Å². The summed E-state index contributed by atoms with van der Waals surface area (Å²) in [5.74, 6) is 0.187. The van der Waals surface area contributed by atoms with Crippen molar-refractivity contribution in [3.63, 3.8) is 0 Å². The van der Waals surface area contributed by atoms with Gasteiger partial charge in [0.1, 0.15) is 12.4 Å². The van der Waals surface area contributed by atoms with Gasteiger partial charge in [-0.05, 0) is 12.1 Å². The summed E-state index contributed by atoms with van der Waals surface area (Å²) in [6.45, 7) is 0.559. The number of hydrogen-bond acceptors (Lipinski definition) is 6. The molecule has 0 saturated heterocycles. The van der Waals surface area contributed by atoms with Crippen molar-refractivity contribution in [2.45, 2.75) is 6.10 Å². The molecule has 1 aromatic heterocycles. The molecule has 1 unspecified atom stereocenters. The van der Waals surface area contributed by atoms with E-state index in [0.29, 0.717) is 24.5 Å². The van der Waals surface area contributed by atoms with Crippen LogP contribution in [-0.2, 0) is 14.3 Å². The van der Waals surface area contributed by atoms with Crippen LogP contribution >= 0.6 is 0 Å². The number of benzene rings is 1. The average Bonchev–Trinajstić information content (AvgIpc) is 2.65. The fraction of sp³-hybridized carbons (Fsp3) is 0.278. The fourth-order valence-corrected chi connectivity index (χ4v) is 2.64. The van der Waals surface area contributed by atoms with E-state index >= 15 is 0 Å². The van der Waals surface area contributed by atoms with Gasteiger partial charge < -0.3 is 20.5 Å². The maximum atomic E-state index is 13.0. The number of nitrogens with one attached hydrogen (secondary N) is 1. The maximum absolute atomic E-state index is 13.0. The van der Waals surface area contributed by atoms with Gasteiger partial charge in [0.05, 0.1) is 6.61 Å². The Morgan fingerprint density at radius 2 is 2.08 bits per heavy atom. The van der Waals surface area contributed by atoms with Crippen LogP contribution in [0, 0.1) is 0 Å². The molecule has 1 aliphatic rings. The number of nitrogens with zero attached hydrogens (tertiary/aromatic N) is 2. The molecule has 8 heteroatoms. The van der Waals surface area contributed by atoms with Gasteiger partial charge in [-0.1, -0.05) is 30.3 Å². The van der Waals surface area contributed by atoms with Crippen molar-refractivity contribution in [3.8, 4) is 5.75 Å². The summed E-state index contributed by atoms with van der Waals surface area (Å²) in [6, 6.07) is 12.3. The third kappa shape index (κ3) is 3.75. The maximum Gasteiger partial charge on any atom is 0.274 e. The average molecular weight is 356 g/mol. The lowest BCUT2D eigenvalue weighted by molar-refractivity contribution is -0.129. The number of pyridine rings is 1. The fourth-order valence-electron chi connectivity index (χ4n) is 2.64. The van der Waals surface area contributed by atoms with E-state index in [2.05, 4.69) is 10.3 Å². The van der Waals surface area contributed by atoms with E-state index in [9.17, 15) is 9.59 Å². The van der Waals surface area contributed by atoms with Crippen molar-refractivity contribution in [1.82, 2.24) is 10.3 Å². The Bertz CT molecular complexity index is 797. The summed E-state index contributed by atoms with van der Waals surface area (Å²) in [7, 11) is 1.55. The summed E-state index contributed by atoms with van der Waals surface area (Å²) in [4.78, 5) is 30.7. The lowest BCUT2D eigenvalue weighted by Crippen LogP contribution is -2.47. The Morgan fingerprint density at radius 3 is 2.81 bits per heavy atom. The van der Waals surface area contributed by atoms with E-state index in [1.165, 1.54) is 4.90 Å². The zero-order chi connectivity index (χ0) is 18.5. The molecule has 0 radical (unpaired) electrons. The Hall–Kier alpha value is -3.13. The predicted molar refractivity (Wildman–Crippen MR) is 95.7 cm³/mol. The van der Waals surface area contributed by atoms with E-state index in [1.54, 1.807) is 31.4 Å². The highest BCUT2D eigenvalue weighted by Gasteiger charge is 2.37. The molecule has 2 aromatic rings. The zero-order valence-corrected chi connectivity index (χ0v) is 14.3. The molecule has 0 aliphatic carbocycles. The van der Waals surface area contributed by atoms with Crippen molar-refractivity contribution in [2.75, 3.05) is 37.4 Å². The van der Waals surface area contributed by atoms with Crippen molar-refractivity contribution in [2.24, 2.45) is 0 Å². The third-order valence-corrected chi connectivity index (χ3v) is 3.88. The normalized spacial score (nSPS) is 16.0. The Morgan fingerprint density at radius 1 is 1.31 bits per heavy atom. The van der Waals surface area contributed by atoms with Crippen LogP contribution in [0.3, 0.4) is 0 Å². The number of nitrogen functional groups attached to an aromatic ring is 1. The number of methoxy groups -OCH3 is 1. The molecule has 136 valence electrons. The van der Waals surface area contributed by atoms with Gasteiger partial charge in [-0.25, -0.2) is 4.98 Å². The molecule has 0 spiro atoms. The molecule has 1 aliphatic heterocycles. The van der Waals surface area contributed by atoms with Gasteiger partial charge in [0, 0.05) is 19.2 Å². The number of amides is 2. The number of carbonyl (C=O) groups is 2. The van der Waals surface area contributed by atoms with Crippen LogP contribution < -0.4 is 20.7 Å². The van der Waals surface area contributed by atoms with Crippen molar-refractivity contribution < 1.29 is 19.1 Å². The Labute approximate surface area is 150 Å². The third-order valence-electron chi connectivity index (χ3n) is 3.88.